The van der Waals surface area contributed by atoms with E-state index in [1.165, 1.54) is 12.1 Å². The number of rotatable bonds is 9. The van der Waals surface area contributed by atoms with Crippen molar-refractivity contribution in [1.82, 2.24) is 0 Å². The Morgan fingerprint density at radius 2 is 1.82 bits per heavy atom. The first-order valence-electron chi connectivity index (χ1n) is 9.32. The van der Waals surface area contributed by atoms with E-state index in [0.717, 1.165) is 24.1 Å². The SMILES string of the molecule is CC.Cc1ccc(Nc2cc(F)cc(OCCCCCO)c2C(N)=O)c(F)c1. The van der Waals surface area contributed by atoms with Gasteiger partial charge in [0.1, 0.15) is 22.9 Å². The molecule has 0 atom stereocenters. The summed E-state index contributed by atoms with van der Waals surface area (Å²) in [4.78, 5) is 11.9. The Morgan fingerprint density at radius 3 is 2.43 bits per heavy atom. The molecule has 1 amide bonds. The number of amides is 1. The van der Waals surface area contributed by atoms with Crippen LogP contribution in [0.1, 0.15) is 49.0 Å². The van der Waals surface area contributed by atoms with Gasteiger partial charge in [-0.3, -0.25) is 4.79 Å². The van der Waals surface area contributed by atoms with Crippen molar-refractivity contribution >= 4 is 17.3 Å². The van der Waals surface area contributed by atoms with Crippen LogP contribution in [0.15, 0.2) is 30.3 Å². The van der Waals surface area contributed by atoms with E-state index in [1.807, 2.05) is 13.8 Å². The molecule has 0 bridgehead atoms. The number of halogens is 2. The van der Waals surface area contributed by atoms with Gasteiger partial charge < -0.3 is 20.9 Å². The number of benzene rings is 2. The quantitative estimate of drug-likeness (QED) is 0.539. The highest BCUT2D eigenvalue weighted by Crippen LogP contribution is 2.31. The second-order valence-electron chi connectivity index (χ2n) is 5.93. The molecule has 7 heteroatoms. The lowest BCUT2D eigenvalue weighted by Gasteiger charge is -2.16. The number of primary amides is 1. The number of carbonyl (C=O) groups excluding carboxylic acids is 1. The maximum Gasteiger partial charge on any atom is 0.254 e. The van der Waals surface area contributed by atoms with Gasteiger partial charge in [-0.25, -0.2) is 8.78 Å². The molecule has 0 aliphatic rings. The average Bonchev–Trinajstić information content (AvgIpc) is 2.65. The lowest BCUT2D eigenvalue weighted by Crippen LogP contribution is -2.16. The van der Waals surface area contributed by atoms with Crippen molar-refractivity contribution in [3.8, 4) is 5.75 Å². The van der Waals surface area contributed by atoms with Gasteiger partial charge in [-0.2, -0.15) is 0 Å². The molecule has 2 rings (SSSR count). The number of anilines is 2. The van der Waals surface area contributed by atoms with Crippen molar-refractivity contribution in [3.63, 3.8) is 0 Å². The molecule has 0 fully saturated rings. The fourth-order valence-electron chi connectivity index (χ4n) is 2.49. The number of carbonyl (C=O) groups is 1. The van der Waals surface area contributed by atoms with Gasteiger partial charge in [0.15, 0.2) is 0 Å². The van der Waals surface area contributed by atoms with Crippen molar-refractivity contribution < 1.29 is 23.4 Å². The minimum Gasteiger partial charge on any atom is -0.493 e. The molecular formula is C21H28F2N2O3. The molecule has 0 radical (unpaired) electrons. The second kappa shape index (κ2) is 11.9. The van der Waals surface area contributed by atoms with E-state index in [4.69, 9.17) is 15.6 Å². The van der Waals surface area contributed by atoms with Crippen LogP contribution in [0.4, 0.5) is 20.2 Å². The molecule has 4 N–H and O–H groups in total. The zero-order valence-electron chi connectivity index (χ0n) is 16.5. The minimum atomic E-state index is -0.814. The number of hydrogen-bond donors (Lipinski definition) is 3. The lowest BCUT2D eigenvalue weighted by molar-refractivity contribution is 0.0997. The molecule has 0 aromatic heterocycles. The van der Waals surface area contributed by atoms with Crippen LogP contribution in [0.2, 0.25) is 0 Å². The summed E-state index contributed by atoms with van der Waals surface area (Å²) < 4.78 is 33.5. The maximum absolute atomic E-state index is 14.1. The summed E-state index contributed by atoms with van der Waals surface area (Å²) in [5, 5.41) is 11.5. The van der Waals surface area contributed by atoms with Gasteiger partial charge in [-0.1, -0.05) is 19.9 Å². The molecule has 2 aromatic carbocycles. The van der Waals surface area contributed by atoms with Crippen LogP contribution in [0.5, 0.6) is 5.75 Å². The van der Waals surface area contributed by atoms with Crippen LogP contribution in [0.3, 0.4) is 0 Å². The molecular weight excluding hydrogens is 366 g/mol. The lowest BCUT2D eigenvalue weighted by atomic mass is 10.1. The summed E-state index contributed by atoms with van der Waals surface area (Å²) >= 11 is 0. The Hall–Kier alpha value is -2.67. The van der Waals surface area contributed by atoms with Gasteiger partial charge in [0.25, 0.3) is 5.91 Å². The van der Waals surface area contributed by atoms with Gasteiger partial charge >= 0.3 is 0 Å². The predicted octanol–water partition coefficient (Wildman–Crippen LogP) is 4.68. The van der Waals surface area contributed by atoms with E-state index in [9.17, 15) is 13.6 Å². The molecule has 154 valence electrons. The van der Waals surface area contributed by atoms with Crippen LogP contribution < -0.4 is 15.8 Å². The van der Waals surface area contributed by atoms with E-state index in [0.29, 0.717) is 12.8 Å². The molecule has 2 aromatic rings. The first-order valence-corrected chi connectivity index (χ1v) is 9.32. The molecule has 0 unspecified atom stereocenters. The summed E-state index contributed by atoms with van der Waals surface area (Å²) in [5.74, 6) is -1.99. The van der Waals surface area contributed by atoms with Gasteiger partial charge in [0.2, 0.25) is 0 Å². The van der Waals surface area contributed by atoms with Gasteiger partial charge in [0, 0.05) is 12.7 Å². The van der Waals surface area contributed by atoms with Crippen LogP contribution in [0, 0.1) is 18.6 Å². The molecule has 0 aliphatic heterocycles. The van der Waals surface area contributed by atoms with E-state index in [2.05, 4.69) is 5.32 Å². The van der Waals surface area contributed by atoms with Gasteiger partial charge in [0.05, 0.1) is 18.0 Å². The Bertz CT molecular complexity index is 782. The van der Waals surface area contributed by atoms with Crippen molar-refractivity contribution in [2.45, 2.75) is 40.0 Å². The zero-order valence-corrected chi connectivity index (χ0v) is 16.5. The van der Waals surface area contributed by atoms with Gasteiger partial charge in [-0.05, 0) is 49.9 Å². The maximum atomic E-state index is 14.1. The second-order valence-corrected chi connectivity index (χ2v) is 5.93. The third-order valence-electron chi connectivity index (χ3n) is 3.77. The molecule has 5 nitrogen and oxygen atoms in total. The molecule has 0 aliphatic carbocycles. The van der Waals surface area contributed by atoms with Crippen LogP contribution in [-0.2, 0) is 0 Å². The smallest absolute Gasteiger partial charge is 0.254 e. The normalized spacial score (nSPS) is 10.1. The predicted molar refractivity (Wildman–Crippen MR) is 107 cm³/mol. The van der Waals surface area contributed by atoms with Crippen LogP contribution in [-0.4, -0.2) is 24.2 Å². The number of unbranched alkanes of at least 4 members (excludes halogenated alkanes) is 2. The van der Waals surface area contributed by atoms with E-state index >= 15 is 0 Å². The Balaban J connectivity index is 0.00000190. The van der Waals surface area contributed by atoms with E-state index < -0.39 is 17.5 Å². The molecule has 0 heterocycles. The number of aliphatic hydroxyl groups excluding tert-OH is 1. The molecule has 28 heavy (non-hydrogen) atoms. The fourth-order valence-corrected chi connectivity index (χ4v) is 2.49. The number of aliphatic hydroxyl groups is 1. The third-order valence-corrected chi connectivity index (χ3v) is 3.77. The number of hydrogen-bond acceptors (Lipinski definition) is 4. The van der Waals surface area contributed by atoms with Crippen molar-refractivity contribution in [1.29, 1.82) is 0 Å². The molecule has 0 spiro atoms. The zero-order chi connectivity index (χ0) is 21.1. The van der Waals surface area contributed by atoms with Crippen LogP contribution >= 0.6 is 0 Å². The van der Waals surface area contributed by atoms with Crippen molar-refractivity contribution in [3.05, 3.63) is 53.1 Å². The molecule has 0 saturated carbocycles. The first-order chi connectivity index (χ1) is 13.4. The largest absolute Gasteiger partial charge is 0.493 e. The number of nitrogens with one attached hydrogen (secondary N) is 1. The average molecular weight is 394 g/mol. The highest BCUT2D eigenvalue weighted by Gasteiger charge is 2.18. The number of nitrogens with two attached hydrogens (primary N) is 1. The van der Waals surface area contributed by atoms with E-state index in [-0.39, 0.29) is 35.9 Å². The summed E-state index contributed by atoms with van der Waals surface area (Å²) in [6.45, 7) is 6.07. The minimum absolute atomic E-state index is 0.00322. The van der Waals surface area contributed by atoms with Crippen LogP contribution in [0.25, 0.3) is 0 Å². The Morgan fingerprint density at radius 1 is 1.11 bits per heavy atom. The summed E-state index contributed by atoms with van der Waals surface area (Å²) in [6.07, 6.45) is 2.00. The summed E-state index contributed by atoms with van der Waals surface area (Å²) in [6, 6.07) is 6.65. The monoisotopic (exact) mass is 394 g/mol. The number of ether oxygens (including phenoxy) is 1. The van der Waals surface area contributed by atoms with Gasteiger partial charge in [-0.15, -0.1) is 0 Å². The topological polar surface area (TPSA) is 84.6 Å². The first kappa shape index (κ1) is 23.4. The standard InChI is InChI=1S/C19H22F2N2O3.C2H6/c1-12-5-6-15(14(21)9-12)23-16-10-13(20)11-17(18(16)19(22)25)26-8-4-2-3-7-24;1-2/h5-6,9-11,23-24H,2-4,7-8H2,1H3,(H2,22,25);1-2H3. The molecule has 0 saturated heterocycles. The Labute approximate surface area is 164 Å². The van der Waals surface area contributed by atoms with Crippen molar-refractivity contribution in [2.75, 3.05) is 18.5 Å². The fraction of sp³-hybridized carbons (Fsp3) is 0.381. The Kier molecular flexibility index (Phi) is 9.95. The third kappa shape index (κ3) is 6.81. The summed E-state index contributed by atoms with van der Waals surface area (Å²) in [5.41, 5.74) is 6.24. The highest BCUT2D eigenvalue weighted by atomic mass is 19.1. The van der Waals surface area contributed by atoms with E-state index in [1.54, 1.807) is 13.0 Å². The van der Waals surface area contributed by atoms with Crippen molar-refractivity contribution in [2.24, 2.45) is 5.73 Å². The number of aryl methyl sites for hydroxylation is 1. The summed E-state index contributed by atoms with van der Waals surface area (Å²) in [7, 11) is 0. The highest BCUT2D eigenvalue weighted by molar-refractivity contribution is 6.02.